The van der Waals surface area contributed by atoms with E-state index in [4.69, 9.17) is 9.84 Å². The second-order valence-electron chi connectivity index (χ2n) is 7.54. The fourth-order valence-corrected chi connectivity index (χ4v) is 2.53. The van der Waals surface area contributed by atoms with Gasteiger partial charge in [-0.05, 0) is 17.3 Å². The molecule has 0 rings (SSSR count). The van der Waals surface area contributed by atoms with Gasteiger partial charge in [-0.15, -0.1) is 0 Å². The molecule has 0 atom stereocenters. The first-order valence-electron chi connectivity index (χ1n) is 7.84. The quantitative estimate of drug-likeness (QED) is 0.399. The molecule has 0 radical (unpaired) electrons. The molecule has 0 unspecified atom stereocenters. The molecule has 0 saturated carbocycles. The molecule has 126 valence electrons. The summed E-state index contributed by atoms with van der Waals surface area (Å²) in [7, 11) is 0. The van der Waals surface area contributed by atoms with E-state index in [1.165, 1.54) is 0 Å². The Hall–Kier alpha value is -0.650. The van der Waals surface area contributed by atoms with Crippen LogP contribution in [0.2, 0.25) is 0 Å². The van der Waals surface area contributed by atoms with Crippen LogP contribution in [0.3, 0.4) is 0 Å². The third kappa shape index (κ3) is 14.1. The van der Waals surface area contributed by atoms with Crippen LogP contribution in [0, 0.1) is 10.8 Å². The van der Waals surface area contributed by atoms with Crippen molar-refractivity contribution in [2.24, 2.45) is 10.8 Å². The highest BCUT2D eigenvalue weighted by atomic mass is 16.5. The molecule has 3 N–H and O–H groups in total. The van der Waals surface area contributed by atoms with E-state index in [1.807, 2.05) is 0 Å². The minimum absolute atomic E-state index is 0.00948. The average molecular weight is 302 g/mol. The number of carbonyl (C=O) groups is 1. The van der Waals surface area contributed by atoms with Crippen LogP contribution in [-0.2, 0) is 9.53 Å². The standard InChI is InChI=1S/C16H34N2O3/c1-15(2,3)12-16(4,5)13-21-14(20)6-7-17-8-9-18-10-11-19/h17-19H,6-13H2,1-5H3. The SMILES string of the molecule is CC(C)(C)CC(C)(C)COC(=O)CCNCCNCCO. The number of hydrogen-bond donors (Lipinski definition) is 3. The topological polar surface area (TPSA) is 70.6 Å². The Morgan fingerprint density at radius 3 is 2.10 bits per heavy atom. The first-order chi connectivity index (χ1) is 9.66. The van der Waals surface area contributed by atoms with Crippen molar-refractivity contribution in [1.29, 1.82) is 0 Å². The zero-order valence-corrected chi connectivity index (χ0v) is 14.4. The van der Waals surface area contributed by atoms with E-state index in [1.54, 1.807) is 0 Å². The lowest BCUT2D eigenvalue weighted by Gasteiger charge is -2.31. The monoisotopic (exact) mass is 302 g/mol. The first kappa shape index (κ1) is 20.3. The molecule has 0 aliphatic rings. The van der Waals surface area contributed by atoms with E-state index < -0.39 is 0 Å². The third-order valence-corrected chi connectivity index (χ3v) is 2.91. The summed E-state index contributed by atoms with van der Waals surface area (Å²) in [6, 6.07) is 0. The Labute approximate surface area is 129 Å². The molecule has 0 spiro atoms. The summed E-state index contributed by atoms with van der Waals surface area (Å²) in [6.07, 6.45) is 1.41. The second-order valence-corrected chi connectivity index (χ2v) is 7.54. The van der Waals surface area contributed by atoms with Crippen molar-refractivity contribution in [1.82, 2.24) is 10.6 Å². The van der Waals surface area contributed by atoms with Gasteiger partial charge in [-0.1, -0.05) is 34.6 Å². The Kier molecular flexibility index (Phi) is 9.83. The summed E-state index contributed by atoms with van der Waals surface area (Å²) >= 11 is 0. The molecule has 5 heteroatoms. The highest BCUT2D eigenvalue weighted by Crippen LogP contribution is 2.33. The van der Waals surface area contributed by atoms with Gasteiger partial charge < -0.3 is 20.5 Å². The zero-order chi connectivity index (χ0) is 16.4. The number of ether oxygens (including phenoxy) is 1. The molecule has 0 aromatic rings. The van der Waals surface area contributed by atoms with Gasteiger partial charge in [0.05, 0.1) is 19.6 Å². The van der Waals surface area contributed by atoms with E-state index in [0.717, 1.165) is 19.5 Å². The predicted molar refractivity (Wildman–Crippen MR) is 86.3 cm³/mol. The molecule has 5 nitrogen and oxygen atoms in total. The van der Waals surface area contributed by atoms with Gasteiger partial charge in [0.15, 0.2) is 0 Å². The van der Waals surface area contributed by atoms with Gasteiger partial charge in [-0.25, -0.2) is 0 Å². The minimum atomic E-state index is -0.146. The molecule has 21 heavy (non-hydrogen) atoms. The van der Waals surface area contributed by atoms with Crippen molar-refractivity contribution in [3.8, 4) is 0 Å². The molecule has 0 aliphatic carbocycles. The summed E-state index contributed by atoms with van der Waals surface area (Å²) in [4.78, 5) is 11.7. The highest BCUT2D eigenvalue weighted by Gasteiger charge is 2.26. The third-order valence-electron chi connectivity index (χ3n) is 2.91. The van der Waals surface area contributed by atoms with Crippen LogP contribution in [0.4, 0.5) is 0 Å². The number of esters is 1. The summed E-state index contributed by atoms with van der Waals surface area (Å²) < 4.78 is 5.37. The number of hydrogen-bond acceptors (Lipinski definition) is 5. The van der Waals surface area contributed by atoms with Crippen LogP contribution in [0.25, 0.3) is 0 Å². The number of nitrogens with one attached hydrogen (secondary N) is 2. The smallest absolute Gasteiger partial charge is 0.307 e. The fraction of sp³-hybridized carbons (Fsp3) is 0.938. The molecule has 0 amide bonds. The molecule has 0 bridgehead atoms. The number of aliphatic hydroxyl groups is 1. The molecule has 0 heterocycles. The predicted octanol–water partition coefficient (Wildman–Crippen LogP) is 1.55. The molecule has 0 aliphatic heterocycles. The average Bonchev–Trinajstić information content (AvgIpc) is 2.32. The van der Waals surface area contributed by atoms with Gasteiger partial charge in [0.2, 0.25) is 0 Å². The Morgan fingerprint density at radius 1 is 1.00 bits per heavy atom. The normalized spacial score (nSPS) is 12.5. The van der Waals surface area contributed by atoms with Crippen molar-refractivity contribution >= 4 is 5.97 Å². The number of carbonyl (C=O) groups excluding carboxylic acids is 1. The van der Waals surface area contributed by atoms with E-state index in [-0.39, 0.29) is 23.4 Å². The fourth-order valence-electron chi connectivity index (χ4n) is 2.53. The first-order valence-corrected chi connectivity index (χ1v) is 7.84. The zero-order valence-electron chi connectivity index (χ0n) is 14.4. The maximum absolute atomic E-state index is 11.7. The Bertz CT molecular complexity index is 286. The van der Waals surface area contributed by atoms with Crippen LogP contribution in [-0.4, -0.2) is 50.5 Å². The molecule has 0 fully saturated rings. The highest BCUT2D eigenvalue weighted by molar-refractivity contribution is 5.69. The Morgan fingerprint density at radius 2 is 1.57 bits per heavy atom. The molecule has 0 aromatic carbocycles. The van der Waals surface area contributed by atoms with E-state index in [0.29, 0.717) is 26.1 Å². The maximum atomic E-state index is 11.7. The largest absolute Gasteiger partial charge is 0.465 e. The van der Waals surface area contributed by atoms with Crippen molar-refractivity contribution in [3.63, 3.8) is 0 Å². The van der Waals surface area contributed by atoms with Gasteiger partial charge >= 0.3 is 5.97 Å². The maximum Gasteiger partial charge on any atom is 0.307 e. The lowest BCUT2D eigenvalue weighted by atomic mass is 9.77. The lowest BCUT2D eigenvalue weighted by molar-refractivity contribution is -0.147. The summed E-state index contributed by atoms with van der Waals surface area (Å²) in [5.74, 6) is -0.146. The van der Waals surface area contributed by atoms with E-state index in [2.05, 4.69) is 45.3 Å². The number of aliphatic hydroxyl groups excluding tert-OH is 1. The number of rotatable bonds is 11. The second kappa shape index (κ2) is 10.1. The van der Waals surface area contributed by atoms with Crippen LogP contribution < -0.4 is 10.6 Å². The van der Waals surface area contributed by atoms with E-state index >= 15 is 0 Å². The lowest BCUT2D eigenvalue weighted by Crippen LogP contribution is -2.31. The van der Waals surface area contributed by atoms with Gasteiger partial charge in [-0.3, -0.25) is 4.79 Å². The van der Waals surface area contributed by atoms with Crippen molar-refractivity contribution < 1.29 is 14.6 Å². The molecular weight excluding hydrogens is 268 g/mol. The van der Waals surface area contributed by atoms with Gasteiger partial charge in [-0.2, -0.15) is 0 Å². The minimum Gasteiger partial charge on any atom is -0.465 e. The van der Waals surface area contributed by atoms with Crippen LogP contribution in [0.1, 0.15) is 47.5 Å². The van der Waals surface area contributed by atoms with Crippen molar-refractivity contribution in [2.75, 3.05) is 39.4 Å². The van der Waals surface area contributed by atoms with Gasteiger partial charge in [0.1, 0.15) is 0 Å². The molecule has 0 saturated heterocycles. The van der Waals surface area contributed by atoms with Crippen molar-refractivity contribution in [3.05, 3.63) is 0 Å². The summed E-state index contributed by atoms with van der Waals surface area (Å²) in [5.41, 5.74) is 0.245. The van der Waals surface area contributed by atoms with Gasteiger partial charge in [0.25, 0.3) is 0 Å². The van der Waals surface area contributed by atoms with E-state index in [9.17, 15) is 4.79 Å². The van der Waals surface area contributed by atoms with Gasteiger partial charge in [0, 0.05) is 26.2 Å². The van der Waals surface area contributed by atoms with Crippen LogP contribution in [0.15, 0.2) is 0 Å². The molecular formula is C16H34N2O3. The van der Waals surface area contributed by atoms with Crippen LogP contribution >= 0.6 is 0 Å². The Balaban J connectivity index is 3.66. The molecule has 0 aromatic heterocycles. The van der Waals surface area contributed by atoms with Crippen molar-refractivity contribution in [2.45, 2.75) is 47.5 Å². The summed E-state index contributed by atoms with van der Waals surface area (Å²) in [6.45, 7) is 14.3. The van der Waals surface area contributed by atoms with Crippen LogP contribution in [0.5, 0.6) is 0 Å². The summed E-state index contributed by atoms with van der Waals surface area (Å²) in [5, 5.41) is 14.8.